The molecule has 26 heavy (non-hydrogen) atoms. The van der Waals surface area contributed by atoms with Crippen molar-refractivity contribution in [2.24, 2.45) is 0 Å². The Balaban J connectivity index is 2.00. The number of thioether (sulfide) groups is 1. The number of benzene rings is 1. The molecule has 3 aromatic rings. The fourth-order valence-corrected chi connectivity index (χ4v) is 3.33. The first-order chi connectivity index (χ1) is 12.7. The number of fused-ring (bicyclic) bond motifs is 3. The molecule has 0 aliphatic heterocycles. The van der Waals surface area contributed by atoms with Crippen LogP contribution in [-0.2, 0) is 11.3 Å². The van der Waals surface area contributed by atoms with Gasteiger partial charge in [0, 0.05) is 13.1 Å². The highest BCUT2D eigenvalue weighted by atomic mass is 32.2. The molecule has 0 saturated carbocycles. The number of amides is 1. The minimum atomic E-state index is -0.189. The quantitative estimate of drug-likeness (QED) is 0.383. The lowest BCUT2D eigenvalue weighted by molar-refractivity contribution is -0.118. The monoisotopic (exact) mass is 368 g/mol. The fraction of sp³-hybridized carbons (Fsp3) is 0.235. The maximum absolute atomic E-state index is 12.7. The van der Waals surface area contributed by atoms with Gasteiger partial charge in [-0.1, -0.05) is 30.0 Å². The van der Waals surface area contributed by atoms with Crippen molar-refractivity contribution in [1.82, 2.24) is 24.5 Å². The lowest BCUT2D eigenvalue weighted by Gasteiger charge is -2.09. The van der Waals surface area contributed by atoms with Crippen LogP contribution in [0.5, 0.6) is 0 Å². The van der Waals surface area contributed by atoms with Crippen molar-refractivity contribution in [2.75, 3.05) is 12.3 Å². The molecule has 0 atom stereocenters. The summed E-state index contributed by atoms with van der Waals surface area (Å²) in [6.07, 6.45) is 1.89. The van der Waals surface area contributed by atoms with Gasteiger partial charge in [0.05, 0.1) is 29.1 Å². The van der Waals surface area contributed by atoms with Crippen molar-refractivity contribution in [3.63, 3.8) is 0 Å². The fourth-order valence-electron chi connectivity index (χ4n) is 2.56. The summed E-state index contributed by atoms with van der Waals surface area (Å²) in [5.41, 5.74) is 0.524. The summed E-state index contributed by atoms with van der Waals surface area (Å²) in [6, 6.07) is 9.18. The number of aromatic nitrogens is 4. The first-order valence-corrected chi connectivity index (χ1v) is 8.90. The van der Waals surface area contributed by atoms with Crippen LogP contribution in [-0.4, -0.2) is 37.4 Å². The molecule has 1 aromatic carbocycles. The average molecular weight is 368 g/mol. The minimum absolute atomic E-state index is 0.140. The van der Waals surface area contributed by atoms with E-state index in [1.807, 2.05) is 18.2 Å². The molecule has 9 heteroatoms. The molecule has 0 aliphatic carbocycles. The molecular formula is C17H16N6O2S. The smallest absolute Gasteiger partial charge is 0.263 e. The van der Waals surface area contributed by atoms with Crippen molar-refractivity contribution < 1.29 is 4.79 Å². The third-order valence-electron chi connectivity index (χ3n) is 3.68. The molecule has 0 spiro atoms. The Labute approximate surface area is 153 Å². The number of nitrogens with zero attached hydrogens (tertiary/aromatic N) is 5. The van der Waals surface area contributed by atoms with E-state index >= 15 is 0 Å². The van der Waals surface area contributed by atoms with Crippen LogP contribution >= 0.6 is 11.8 Å². The number of nitrogens with one attached hydrogen (secondary N) is 1. The Morgan fingerprint density at radius 2 is 2.19 bits per heavy atom. The Bertz CT molecular complexity index is 1080. The van der Waals surface area contributed by atoms with Crippen molar-refractivity contribution in [3.8, 4) is 6.07 Å². The Hall–Kier alpha value is -3.12. The van der Waals surface area contributed by atoms with Crippen LogP contribution < -0.4 is 10.9 Å². The molecule has 0 saturated heterocycles. The summed E-state index contributed by atoms with van der Waals surface area (Å²) in [7, 11) is 0. The van der Waals surface area contributed by atoms with Gasteiger partial charge < -0.3 is 5.32 Å². The van der Waals surface area contributed by atoms with Crippen LogP contribution in [0, 0.1) is 11.3 Å². The van der Waals surface area contributed by atoms with Crippen LogP contribution in [0.2, 0.25) is 0 Å². The zero-order valence-electron chi connectivity index (χ0n) is 13.9. The number of carbonyl (C=O) groups excluding carboxylic acids is 1. The normalized spacial score (nSPS) is 10.7. The molecule has 8 nitrogen and oxygen atoms in total. The summed E-state index contributed by atoms with van der Waals surface area (Å²) in [5.74, 6) is 0.355. The van der Waals surface area contributed by atoms with E-state index in [9.17, 15) is 9.59 Å². The van der Waals surface area contributed by atoms with E-state index in [0.717, 1.165) is 0 Å². The lowest BCUT2D eigenvalue weighted by Crippen LogP contribution is -2.26. The Morgan fingerprint density at radius 1 is 1.38 bits per heavy atom. The number of para-hydroxylation sites is 1. The molecular weight excluding hydrogens is 352 g/mol. The molecule has 2 heterocycles. The van der Waals surface area contributed by atoms with E-state index < -0.39 is 0 Å². The van der Waals surface area contributed by atoms with Crippen LogP contribution in [0.3, 0.4) is 0 Å². The van der Waals surface area contributed by atoms with Crippen molar-refractivity contribution in [1.29, 1.82) is 5.26 Å². The second-order valence-electron chi connectivity index (χ2n) is 5.39. The largest absolute Gasteiger partial charge is 0.354 e. The summed E-state index contributed by atoms with van der Waals surface area (Å²) in [4.78, 5) is 24.6. The van der Waals surface area contributed by atoms with Gasteiger partial charge in [0.2, 0.25) is 11.7 Å². The minimum Gasteiger partial charge on any atom is -0.354 e. The summed E-state index contributed by atoms with van der Waals surface area (Å²) >= 11 is 1.22. The van der Waals surface area contributed by atoms with E-state index in [4.69, 9.17) is 5.26 Å². The maximum atomic E-state index is 12.7. The van der Waals surface area contributed by atoms with Crippen molar-refractivity contribution in [3.05, 3.63) is 47.3 Å². The number of nitriles is 1. The molecule has 1 N–H and O–H groups in total. The SMILES string of the molecule is C=CCn1c(=O)c2ccccc2n2c(SCC(=O)NCCC#N)nnc12. The zero-order chi connectivity index (χ0) is 18.5. The zero-order valence-corrected chi connectivity index (χ0v) is 14.7. The van der Waals surface area contributed by atoms with Gasteiger partial charge in [-0.05, 0) is 12.1 Å². The molecule has 3 rings (SSSR count). The van der Waals surface area contributed by atoms with Gasteiger partial charge in [-0.3, -0.25) is 18.6 Å². The maximum Gasteiger partial charge on any atom is 0.263 e. The predicted octanol–water partition coefficient (Wildman–Crippen LogP) is 1.35. The highest BCUT2D eigenvalue weighted by Crippen LogP contribution is 2.21. The summed E-state index contributed by atoms with van der Waals surface area (Å²) in [6.45, 7) is 4.32. The van der Waals surface area contributed by atoms with Gasteiger partial charge in [0.25, 0.3) is 5.56 Å². The van der Waals surface area contributed by atoms with Crippen LogP contribution in [0.1, 0.15) is 6.42 Å². The molecule has 0 bridgehead atoms. The van der Waals surface area contributed by atoms with E-state index in [1.165, 1.54) is 16.3 Å². The number of hydrogen-bond acceptors (Lipinski definition) is 6. The van der Waals surface area contributed by atoms with Crippen LogP contribution in [0.25, 0.3) is 16.7 Å². The van der Waals surface area contributed by atoms with Gasteiger partial charge in [-0.15, -0.1) is 16.8 Å². The number of rotatable bonds is 7. The van der Waals surface area contributed by atoms with Crippen LogP contribution in [0.4, 0.5) is 0 Å². The standard InChI is InChI=1S/C17H16N6O2S/c1-2-10-22-15(25)12-6-3-4-7-13(12)23-16(22)20-21-17(23)26-11-14(24)19-9-5-8-18/h2-4,6-7H,1,5,9-11H2,(H,19,24). The predicted molar refractivity (Wildman–Crippen MR) is 98.9 cm³/mol. The molecule has 0 aliphatic rings. The van der Waals surface area contributed by atoms with Gasteiger partial charge in [0.15, 0.2) is 5.16 Å². The average Bonchev–Trinajstić information content (AvgIpc) is 3.07. The van der Waals surface area contributed by atoms with Gasteiger partial charge in [0.1, 0.15) is 0 Å². The topological polar surface area (TPSA) is 105 Å². The molecule has 2 aromatic heterocycles. The molecule has 0 radical (unpaired) electrons. The van der Waals surface area contributed by atoms with Gasteiger partial charge >= 0.3 is 0 Å². The van der Waals surface area contributed by atoms with Gasteiger partial charge in [-0.2, -0.15) is 5.26 Å². The first-order valence-electron chi connectivity index (χ1n) is 7.91. The van der Waals surface area contributed by atoms with E-state index in [0.29, 0.717) is 34.9 Å². The highest BCUT2D eigenvalue weighted by Gasteiger charge is 2.16. The molecule has 1 amide bonds. The van der Waals surface area contributed by atoms with Crippen molar-refractivity contribution in [2.45, 2.75) is 18.1 Å². The van der Waals surface area contributed by atoms with Gasteiger partial charge in [-0.25, -0.2) is 0 Å². The summed E-state index contributed by atoms with van der Waals surface area (Å²) < 4.78 is 3.27. The lowest BCUT2D eigenvalue weighted by atomic mass is 10.2. The van der Waals surface area contributed by atoms with Crippen LogP contribution in [0.15, 0.2) is 46.9 Å². The third kappa shape index (κ3) is 3.32. The Kier molecular flexibility index (Phi) is 5.34. The molecule has 0 fully saturated rings. The number of allylic oxidation sites excluding steroid dienone is 1. The highest BCUT2D eigenvalue weighted by molar-refractivity contribution is 7.99. The number of hydrogen-bond donors (Lipinski definition) is 1. The molecule has 0 unspecified atom stereocenters. The van der Waals surface area contributed by atoms with E-state index in [2.05, 4.69) is 22.1 Å². The second-order valence-corrected chi connectivity index (χ2v) is 6.33. The van der Waals surface area contributed by atoms with Crippen molar-refractivity contribution >= 4 is 34.3 Å². The first kappa shape index (κ1) is 17.7. The summed E-state index contributed by atoms with van der Waals surface area (Å²) in [5, 5.41) is 20.5. The third-order valence-corrected chi connectivity index (χ3v) is 4.61. The Morgan fingerprint density at radius 3 is 2.96 bits per heavy atom. The number of carbonyl (C=O) groups is 1. The van der Waals surface area contributed by atoms with E-state index in [1.54, 1.807) is 22.6 Å². The molecule has 132 valence electrons. The van der Waals surface area contributed by atoms with E-state index in [-0.39, 0.29) is 23.6 Å². The second kappa shape index (κ2) is 7.84.